The second-order valence-corrected chi connectivity index (χ2v) is 4.45. The number of para-hydroxylation sites is 1. The predicted molar refractivity (Wildman–Crippen MR) is 70.1 cm³/mol. The summed E-state index contributed by atoms with van der Waals surface area (Å²) in [5.74, 6) is -0.995. The van der Waals surface area contributed by atoms with Gasteiger partial charge in [0.2, 0.25) is 0 Å². The van der Waals surface area contributed by atoms with E-state index in [0.717, 1.165) is 7.05 Å². The Hall–Kier alpha value is -2.25. The molecule has 0 heterocycles. The van der Waals surface area contributed by atoms with Crippen LogP contribution in [0.5, 0.6) is 0 Å². The summed E-state index contributed by atoms with van der Waals surface area (Å²) < 4.78 is 36.6. The number of carboxylic acid groups (broad SMARTS) is 1. The molecule has 116 valence electrons. The van der Waals surface area contributed by atoms with Gasteiger partial charge in [0.15, 0.2) is 0 Å². The van der Waals surface area contributed by atoms with Crippen molar-refractivity contribution in [1.29, 1.82) is 0 Å². The van der Waals surface area contributed by atoms with Crippen molar-refractivity contribution in [2.45, 2.75) is 19.0 Å². The number of anilines is 1. The van der Waals surface area contributed by atoms with Crippen LogP contribution in [0.25, 0.3) is 0 Å². The third kappa shape index (κ3) is 6.15. The van der Waals surface area contributed by atoms with E-state index in [9.17, 15) is 22.8 Å². The molecule has 0 spiro atoms. The van der Waals surface area contributed by atoms with E-state index in [4.69, 9.17) is 5.11 Å². The number of halogens is 3. The Labute approximate surface area is 119 Å². The molecule has 0 atom stereocenters. The fourth-order valence-electron chi connectivity index (χ4n) is 1.65. The lowest BCUT2D eigenvalue weighted by molar-refractivity contribution is -0.138. The van der Waals surface area contributed by atoms with Crippen LogP contribution < -0.4 is 5.32 Å². The number of carbonyl (C=O) groups excluding carboxylic acids is 1. The average Bonchev–Trinajstić information content (AvgIpc) is 2.35. The molecule has 0 saturated carbocycles. The number of carboxylic acids is 1. The summed E-state index contributed by atoms with van der Waals surface area (Å²) in [6, 6.07) is 5.48. The number of nitrogens with zero attached hydrogens (tertiary/aromatic N) is 1. The molecule has 0 aromatic heterocycles. The molecule has 0 aliphatic rings. The molecule has 0 aliphatic heterocycles. The monoisotopic (exact) mass is 304 g/mol. The normalized spacial score (nSPS) is 11.0. The van der Waals surface area contributed by atoms with Crippen molar-refractivity contribution >= 4 is 17.7 Å². The number of hydrogen-bond donors (Lipinski definition) is 2. The van der Waals surface area contributed by atoms with Gasteiger partial charge in [-0.15, -0.1) is 0 Å². The highest BCUT2D eigenvalue weighted by Gasteiger charge is 2.31. The molecular formula is C13H15F3N2O3. The van der Waals surface area contributed by atoms with Crippen LogP contribution in [0, 0.1) is 0 Å². The second kappa shape index (κ2) is 6.96. The van der Waals surface area contributed by atoms with Crippen LogP contribution >= 0.6 is 0 Å². The maximum atomic E-state index is 12.2. The fraction of sp³-hybridized carbons (Fsp3) is 0.385. The van der Waals surface area contributed by atoms with Crippen LogP contribution in [0.3, 0.4) is 0 Å². The predicted octanol–water partition coefficient (Wildman–Crippen LogP) is 2.73. The standard InChI is InChI=1S/C13H15F3N2O3/c1-18(8-13(14,15)16)12(21)17-10-5-3-2-4-9(10)6-7-11(19)20/h2-5H,6-8H2,1H3,(H,17,21)(H,19,20). The van der Waals surface area contributed by atoms with E-state index in [1.165, 1.54) is 6.07 Å². The number of aliphatic carboxylic acids is 1. The van der Waals surface area contributed by atoms with Gasteiger partial charge in [0.05, 0.1) is 0 Å². The minimum atomic E-state index is -4.48. The van der Waals surface area contributed by atoms with Gasteiger partial charge in [0, 0.05) is 19.2 Å². The van der Waals surface area contributed by atoms with Gasteiger partial charge in [-0.05, 0) is 18.1 Å². The zero-order valence-electron chi connectivity index (χ0n) is 11.3. The third-order valence-electron chi connectivity index (χ3n) is 2.63. The summed E-state index contributed by atoms with van der Waals surface area (Å²) in [5, 5.41) is 11.0. The van der Waals surface area contributed by atoms with Gasteiger partial charge in [-0.3, -0.25) is 4.79 Å². The van der Waals surface area contributed by atoms with E-state index < -0.39 is 24.7 Å². The lowest BCUT2D eigenvalue weighted by Crippen LogP contribution is -2.38. The topological polar surface area (TPSA) is 69.6 Å². The number of benzene rings is 1. The molecule has 5 nitrogen and oxygen atoms in total. The second-order valence-electron chi connectivity index (χ2n) is 4.45. The van der Waals surface area contributed by atoms with E-state index in [2.05, 4.69) is 5.32 Å². The molecule has 0 radical (unpaired) electrons. The molecule has 21 heavy (non-hydrogen) atoms. The average molecular weight is 304 g/mol. The largest absolute Gasteiger partial charge is 0.481 e. The molecule has 0 unspecified atom stereocenters. The number of rotatable bonds is 5. The summed E-state index contributed by atoms with van der Waals surface area (Å²) in [4.78, 5) is 22.7. The number of carbonyl (C=O) groups is 2. The van der Waals surface area contributed by atoms with Crippen LogP contribution in [0.15, 0.2) is 24.3 Å². The van der Waals surface area contributed by atoms with Crippen molar-refractivity contribution in [2.24, 2.45) is 0 Å². The van der Waals surface area contributed by atoms with Crippen molar-refractivity contribution in [3.63, 3.8) is 0 Å². The Morgan fingerprint density at radius 1 is 1.29 bits per heavy atom. The van der Waals surface area contributed by atoms with E-state index >= 15 is 0 Å². The summed E-state index contributed by atoms with van der Waals surface area (Å²) in [6.45, 7) is -1.36. The van der Waals surface area contributed by atoms with Crippen LogP contribution in [-0.2, 0) is 11.2 Å². The molecule has 0 fully saturated rings. The Kier molecular flexibility index (Phi) is 5.57. The van der Waals surface area contributed by atoms with Crippen LogP contribution in [0.4, 0.5) is 23.7 Å². The summed E-state index contributed by atoms with van der Waals surface area (Å²) in [6.07, 6.45) is -4.44. The lowest BCUT2D eigenvalue weighted by Gasteiger charge is -2.20. The minimum Gasteiger partial charge on any atom is -0.481 e. The maximum absolute atomic E-state index is 12.2. The summed E-state index contributed by atoms with van der Waals surface area (Å²) >= 11 is 0. The Balaban J connectivity index is 2.73. The first-order valence-electron chi connectivity index (χ1n) is 6.07. The first-order valence-corrected chi connectivity index (χ1v) is 6.07. The zero-order valence-corrected chi connectivity index (χ0v) is 11.3. The summed E-state index contributed by atoms with van der Waals surface area (Å²) in [7, 11) is 1.03. The van der Waals surface area contributed by atoms with E-state index in [0.29, 0.717) is 16.2 Å². The molecule has 1 aromatic rings. The molecule has 0 aliphatic carbocycles. The summed E-state index contributed by atoms with van der Waals surface area (Å²) in [5.41, 5.74) is 0.853. The first kappa shape index (κ1) is 16.8. The SMILES string of the molecule is CN(CC(F)(F)F)C(=O)Nc1ccccc1CCC(=O)O. The van der Waals surface area contributed by atoms with Gasteiger partial charge < -0.3 is 15.3 Å². The quantitative estimate of drug-likeness (QED) is 0.878. The van der Waals surface area contributed by atoms with Gasteiger partial charge >= 0.3 is 18.2 Å². The van der Waals surface area contributed by atoms with Gasteiger partial charge in [-0.1, -0.05) is 18.2 Å². The first-order chi connectivity index (χ1) is 9.69. The molecule has 1 aromatic carbocycles. The number of urea groups is 1. The number of amides is 2. The third-order valence-corrected chi connectivity index (χ3v) is 2.63. The van der Waals surface area contributed by atoms with E-state index in [1.807, 2.05) is 0 Å². The van der Waals surface area contributed by atoms with Gasteiger partial charge in [0.1, 0.15) is 6.54 Å². The van der Waals surface area contributed by atoms with Gasteiger partial charge in [0.25, 0.3) is 0 Å². The smallest absolute Gasteiger partial charge is 0.406 e. The van der Waals surface area contributed by atoms with Crippen molar-refractivity contribution in [1.82, 2.24) is 4.90 Å². The molecule has 8 heteroatoms. The maximum Gasteiger partial charge on any atom is 0.406 e. The highest BCUT2D eigenvalue weighted by molar-refractivity contribution is 5.90. The minimum absolute atomic E-state index is 0.134. The fourth-order valence-corrected chi connectivity index (χ4v) is 1.65. The van der Waals surface area contributed by atoms with Gasteiger partial charge in [-0.2, -0.15) is 13.2 Å². The van der Waals surface area contributed by atoms with Crippen molar-refractivity contribution in [3.05, 3.63) is 29.8 Å². The Morgan fingerprint density at radius 2 is 1.90 bits per heavy atom. The van der Waals surface area contributed by atoms with Crippen LogP contribution in [0.1, 0.15) is 12.0 Å². The lowest BCUT2D eigenvalue weighted by atomic mass is 10.1. The van der Waals surface area contributed by atoms with Gasteiger partial charge in [-0.25, -0.2) is 4.79 Å². The molecule has 1 rings (SSSR count). The van der Waals surface area contributed by atoms with E-state index in [-0.39, 0.29) is 12.8 Å². The molecule has 2 amide bonds. The number of alkyl halides is 3. The molecule has 0 saturated heterocycles. The highest BCUT2D eigenvalue weighted by Crippen LogP contribution is 2.19. The molecule has 0 bridgehead atoms. The zero-order chi connectivity index (χ0) is 16.0. The molecular weight excluding hydrogens is 289 g/mol. The van der Waals surface area contributed by atoms with Crippen molar-refractivity contribution < 1.29 is 27.9 Å². The number of hydrogen-bond acceptors (Lipinski definition) is 2. The Bertz CT molecular complexity index is 518. The van der Waals surface area contributed by atoms with Crippen LogP contribution in [-0.4, -0.2) is 41.8 Å². The Morgan fingerprint density at radius 3 is 2.48 bits per heavy atom. The van der Waals surface area contributed by atoms with Crippen LogP contribution in [0.2, 0.25) is 0 Å². The molecule has 2 N–H and O–H groups in total. The van der Waals surface area contributed by atoms with E-state index in [1.54, 1.807) is 18.2 Å². The highest BCUT2D eigenvalue weighted by atomic mass is 19.4. The number of aryl methyl sites for hydroxylation is 1. The van der Waals surface area contributed by atoms with Crippen molar-refractivity contribution in [2.75, 3.05) is 18.9 Å². The van der Waals surface area contributed by atoms with Crippen molar-refractivity contribution in [3.8, 4) is 0 Å². The number of nitrogens with one attached hydrogen (secondary N) is 1.